The first-order valence-electron chi connectivity index (χ1n) is 5.34. The van der Waals surface area contributed by atoms with E-state index in [1.54, 1.807) is 23.3 Å². The Kier molecular flexibility index (Phi) is 3.88. The summed E-state index contributed by atoms with van der Waals surface area (Å²) in [4.78, 5) is 22.4. The number of aromatic nitrogens is 2. The molecule has 5 nitrogen and oxygen atoms in total. The maximum absolute atomic E-state index is 11.2. The summed E-state index contributed by atoms with van der Waals surface area (Å²) in [5.74, 6) is 0.396. The van der Waals surface area contributed by atoms with Crippen molar-refractivity contribution in [2.75, 3.05) is 25.6 Å². The normalized spacial score (nSPS) is 10.1. The van der Waals surface area contributed by atoms with Crippen molar-refractivity contribution in [2.45, 2.75) is 0 Å². The van der Waals surface area contributed by atoms with Crippen LogP contribution in [0, 0.1) is 0 Å². The van der Waals surface area contributed by atoms with Gasteiger partial charge >= 0.3 is 5.97 Å². The highest BCUT2D eigenvalue weighted by atomic mass is 32.1. The van der Waals surface area contributed by atoms with E-state index in [9.17, 15) is 4.79 Å². The summed E-state index contributed by atoms with van der Waals surface area (Å²) in [6, 6.07) is 5.83. The van der Waals surface area contributed by atoms with Gasteiger partial charge in [0.15, 0.2) is 0 Å². The Labute approximate surface area is 109 Å². The van der Waals surface area contributed by atoms with Gasteiger partial charge in [0.05, 0.1) is 17.7 Å². The lowest BCUT2D eigenvalue weighted by Crippen LogP contribution is -2.27. The smallest absolute Gasteiger partial charge is 0.325 e. The molecule has 0 aliphatic carbocycles. The van der Waals surface area contributed by atoms with Crippen LogP contribution >= 0.6 is 11.3 Å². The molecule has 0 N–H and O–H groups in total. The lowest BCUT2D eigenvalue weighted by atomic mass is 10.3. The van der Waals surface area contributed by atoms with Crippen molar-refractivity contribution in [3.05, 3.63) is 29.9 Å². The number of likely N-dealkylation sites (N-methyl/N-ethyl adjacent to an activating group) is 1. The van der Waals surface area contributed by atoms with Crippen molar-refractivity contribution in [3.8, 4) is 10.6 Å². The van der Waals surface area contributed by atoms with E-state index in [0.717, 1.165) is 10.6 Å². The van der Waals surface area contributed by atoms with E-state index in [1.807, 2.05) is 23.6 Å². The molecule has 0 spiro atoms. The van der Waals surface area contributed by atoms with Crippen molar-refractivity contribution in [2.24, 2.45) is 0 Å². The molecule has 0 saturated heterocycles. The molecule has 94 valence electrons. The number of ether oxygens (including phenoxy) is 1. The van der Waals surface area contributed by atoms with Gasteiger partial charge in [0.25, 0.3) is 0 Å². The summed E-state index contributed by atoms with van der Waals surface area (Å²) in [5, 5.41) is 2.00. The standard InChI is InChI=1S/C12H13N3O2S/c1-15(7-12(16)17-2)11-6-9(13-8-14-11)10-4-3-5-18-10/h3-6,8H,7H2,1-2H3. The van der Waals surface area contributed by atoms with Crippen molar-refractivity contribution in [1.29, 1.82) is 0 Å². The number of thiophene rings is 1. The predicted molar refractivity (Wildman–Crippen MR) is 70.6 cm³/mol. The average Bonchev–Trinajstić information content (AvgIpc) is 2.92. The van der Waals surface area contributed by atoms with E-state index < -0.39 is 0 Å². The Bertz CT molecular complexity index is 528. The van der Waals surface area contributed by atoms with E-state index >= 15 is 0 Å². The third kappa shape index (κ3) is 2.84. The first-order chi connectivity index (χ1) is 8.70. The van der Waals surface area contributed by atoms with Crippen LogP contribution in [0.1, 0.15) is 0 Å². The highest BCUT2D eigenvalue weighted by molar-refractivity contribution is 7.13. The molecule has 0 fully saturated rings. The van der Waals surface area contributed by atoms with E-state index in [2.05, 4.69) is 14.7 Å². The number of esters is 1. The number of anilines is 1. The molecule has 2 aromatic heterocycles. The Morgan fingerprint density at radius 2 is 2.33 bits per heavy atom. The molecule has 0 aromatic carbocycles. The summed E-state index contributed by atoms with van der Waals surface area (Å²) in [6.45, 7) is 0.164. The van der Waals surface area contributed by atoms with Crippen molar-refractivity contribution in [1.82, 2.24) is 9.97 Å². The van der Waals surface area contributed by atoms with Crippen LogP contribution in [0.3, 0.4) is 0 Å². The highest BCUT2D eigenvalue weighted by Crippen LogP contribution is 2.24. The number of rotatable bonds is 4. The fraction of sp³-hybridized carbons (Fsp3) is 0.250. The van der Waals surface area contributed by atoms with Crippen LogP contribution in [0.15, 0.2) is 29.9 Å². The zero-order valence-electron chi connectivity index (χ0n) is 10.2. The van der Waals surface area contributed by atoms with Crippen molar-refractivity contribution >= 4 is 23.1 Å². The third-order valence-electron chi connectivity index (χ3n) is 2.41. The van der Waals surface area contributed by atoms with Crippen LogP contribution in [-0.2, 0) is 9.53 Å². The van der Waals surface area contributed by atoms with E-state index in [1.165, 1.54) is 13.4 Å². The minimum absolute atomic E-state index is 0.164. The molecule has 2 rings (SSSR count). The molecule has 0 unspecified atom stereocenters. The number of hydrogen-bond donors (Lipinski definition) is 0. The Balaban J connectivity index is 2.19. The van der Waals surface area contributed by atoms with Crippen LogP contribution in [-0.4, -0.2) is 36.6 Å². The van der Waals surface area contributed by atoms with E-state index in [0.29, 0.717) is 5.82 Å². The van der Waals surface area contributed by atoms with Gasteiger partial charge in [0.2, 0.25) is 0 Å². The van der Waals surface area contributed by atoms with Crippen LogP contribution in [0.4, 0.5) is 5.82 Å². The summed E-state index contributed by atoms with van der Waals surface area (Å²) in [6.07, 6.45) is 1.50. The van der Waals surface area contributed by atoms with Crippen LogP contribution in [0.5, 0.6) is 0 Å². The topological polar surface area (TPSA) is 55.3 Å². The van der Waals surface area contributed by atoms with E-state index in [-0.39, 0.29) is 12.5 Å². The summed E-state index contributed by atoms with van der Waals surface area (Å²) < 4.78 is 4.62. The molecular formula is C12H13N3O2S. The Morgan fingerprint density at radius 3 is 3.00 bits per heavy atom. The molecular weight excluding hydrogens is 250 g/mol. The zero-order chi connectivity index (χ0) is 13.0. The number of methoxy groups -OCH3 is 1. The second-order valence-corrected chi connectivity index (χ2v) is 4.62. The van der Waals surface area contributed by atoms with Crippen LogP contribution < -0.4 is 4.90 Å². The van der Waals surface area contributed by atoms with Crippen molar-refractivity contribution < 1.29 is 9.53 Å². The minimum atomic E-state index is -0.297. The SMILES string of the molecule is COC(=O)CN(C)c1cc(-c2cccs2)ncn1. The molecule has 0 amide bonds. The molecule has 2 heterocycles. The largest absolute Gasteiger partial charge is 0.468 e. The first-order valence-corrected chi connectivity index (χ1v) is 6.22. The molecule has 18 heavy (non-hydrogen) atoms. The van der Waals surface area contributed by atoms with Gasteiger partial charge in [0.1, 0.15) is 18.7 Å². The highest BCUT2D eigenvalue weighted by Gasteiger charge is 2.10. The molecule has 0 saturated carbocycles. The minimum Gasteiger partial charge on any atom is -0.468 e. The van der Waals surface area contributed by atoms with Crippen molar-refractivity contribution in [3.63, 3.8) is 0 Å². The fourth-order valence-corrected chi connectivity index (χ4v) is 2.15. The molecule has 0 radical (unpaired) electrons. The summed E-state index contributed by atoms with van der Waals surface area (Å²) in [5.41, 5.74) is 0.853. The van der Waals surface area contributed by atoms with E-state index in [4.69, 9.17) is 0 Å². The van der Waals surface area contributed by atoms with Gasteiger partial charge in [-0.25, -0.2) is 9.97 Å². The Morgan fingerprint density at radius 1 is 1.50 bits per heavy atom. The second kappa shape index (κ2) is 5.59. The third-order valence-corrected chi connectivity index (χ3v) is 3.30. The van der Waals surface area contributed by atoms with Gasteiger partial charge in [-0.15, -0.1) is 11.3 Å². The van der Waals surface area contributed by atoms with Gasteiger partial charge < -0.3 is 9.64 Å². The maximum atomic E-state index is 11.2. The molecule has 0 aliphatic heterocycles. The zero-order valence-corrected chi connectivity index (χ0v) is 11.0. The Hall–Kier alpha value is -1.95. The fourth-order valence-electron chi connectivity index (χ4n) is 1.45. The first kappa shape index (κ1) is 12.5. The number of carbonyl (C=O) groups is 1. The molecule has 0 aliphatic rings. The van der Waals surface area contributed by atoms with Crippen LogP contribution in [0.2, 0.25) is 0 Å². The quantitative estimate of drug-likeness (QED) is 0.787. The monoisotopic (exact) mass is 263 g/mol. The predicted octanol–water partition coefficient (Wildman–Crippen LogP) is 1.81. The molecule has 0 atom stereocenters. The molecule has 2 aromatic rings. The maximum Gasteiger partial charge on any atom is 0.325 e. The number of carbonyl (C=O) groups excluding carboxylic acids is 1. The van der Waals surface area contributed by atoms with Gasteiger partial charge in [-0.2, -0.15) is 0 Å². The summed E-state index contributed by atoms with van der Waals surface area (Å²) in [7, 11) is 3.16. The number of nitrogens with zero attached hydrogens (tertiary/aromatic N) is 3. The molecule has 6 heteroatoms. The lowest BCUT2D eigenvalue weighted by molar-refractivity contribution is -0.138. The second-order valence-electron chi connectivity index (χ2n) is 3.67. The lowest BCUT2D eigenvalue weighted by Gasteiger charge is -2.16. The van der Waals surface area contributed by atoms with Gasteiger partial charge in [-0.1, -0.05) is 6.07 Å². The summed E-state index contributed by atoms with van der Waals surface area (Å²) >= 11 is 1.61. The number of hydrogen-bond acceptors (Lipinski definition) is 6. The van der Waals surface area contributed by atoms with Gasteiger partial charge in [-0.05, 0) is 11.4 Å². The molecule has 0 bridgehead atoms. The average molecular weight is 263 g/mol. The van der Waals surface area contributed by atoms with Gasteiger partial charge in [-0.3, -0.25) is 4.79 Å². The van der Waals surface area contributed by atoms with Crippen LogP contribution in [0.25, 0.3) is 10.6 Å². The van der Waals surface area contributed by atoms with Gasteiger partial charge in [0, 0.05) is 13.1 Å².